The first-order valence-electron chi connectivity index (χ1n) is 44.0. The number of esters is 2. The molecule has 9 heteroatoms. The zero-order chi connectivity index (χ0) is 71.1. The molecular weight excluding hydrogens is 1210 g/mol. The summed E-state index contributed by atoms with van der Waals surface area (Å²) in [4.78, 5) is 37.8. The number of quaternary nitrogens is 1. The van der Waals surface area contributed by atoms with Crippen LogP contribution in [0.25, 0.3) is 0 Å². The van der Waals surface area contributed by atoms with Gasteiger partial charge in [0.1, 0.15) is 13.2 Å². The SMILES string of the molecule is CCCCCCC/C=C\C/C=C\CCCCCCCCCCCCCCCCCCCCCCCCCCCCCCCC(=O)OC(COC(=O)CCCCCCCCCCCCCCCCCCCCCCCCCCCCCCCCCC)COC(OCC[N+](C)(C)C)C(=O)O. The summed E-state index contributed by atoms with van der Waals surface area (Å²) >= 11 is 0. The molecule has 0 aromatic carbocycles. The van der Waals surface area contributed by atoms with Crippen LogP contribution in [-0.4, -0.2) is 87.4 Å². The molecule has 0 aromatic heterocycles. The number of aliphatic carboxylic acids is 1. The fraction of sp³-hybridized carbons (Fsp3) is 0.921. The molecule has 0 saturated carbocycles. The lowest BCUT2D eigenvalue weighted by molar-refractivity contribution is -0.870. The van der Waals surface area contributed by atoms with E-state index in [-0.39, 0.29) is 38.2 Å². The van der Waals surface area contributed by atoms with E-state index >= 15 is 0 Å². The predicted molar refractivity (Wildman–Crippen MR) is 425 cm³/mol. The maximum atomic E-state index is 13.0. The summed E-state index contributed by atoms with van der Waals surface area (Å²) < 4.78 is 23.1. The van der Waals surface area contributed by atoms with Crippen LogP contribution in [0.1, 0.15) is 470 Å². The van der Waals surface area contributed by atoms with Crippen molar-refractivity contribution in [2.75, 3.05) is 47.5 Å². The summed E-state index contributed by atoms with van der Waals surface area (Å²) in [7, 11) is 6.01. The second-order valence-corrected chi connectivity index (χ2v) is 31.6. The average Bonchev–Trinajstić information content (AvgIpc) is 1.40. The van der Waals surface area contributed by atoms with Crippen molar-refractivity contribution in [3.8, 4) is 0 Å². The number of carboxylic acid groups (broad SMARTS) is 1. The largest absolute Gasteiger partial charge is 0.477 e. The van der Waals surface area contributed by atoms with Crippen LogP contribution in [0.15, 0.2) is 24.3 Å². The first-order valence-corrected chi connectivity index (χ1v) is 44.0. The van der Waals surface area contributed by atoms with E-state index in [0.29, 0.717) is 17.4 Å². The van der Waals surface area contributed by atoms with E-state index in [9.17, 15) is 19.5 Å². The van der Waals surface area contributed by atoms with Gasteiger partial charge < -0.3 is 28.5 Å². The van der Waals surface area contributed by atoms with Gasteiger partial charge in [-0.25, -0.2) is 4.79 Å². The third-order valence-corrected chi connectivity index (χ3v) is 20.5. The molecule has 0 aliphatic rings. The standard InChI is InChI=1S/C89H171NO8/c1-6-8-10-12-14-16-18-20-22-24-26-28-30-32-34-36-38-40-41-42-43-44-45-46-47-48-50-52-54-56-58-60-62-64-66-68-70-72-74-76-78-80-87(92)98-85(84-97-89(88(93)94)95-82-81-90(3,4)5)83-96-86(91)79-77-75-73-71-69-67-65-63-61-59-57-55-53-51-49-39-37-35-33-31-29-27-25-23-21-19-17-15-13-11-9-7-2/h18,20,24,26,85,89H,6-17,19,21-23,25,27-84H2,1-5H3/p+1/b20-18-,26-24-. The van der Waals surface area contributed by atoms with Crippen molar-refractivity contribution in [3.05, 3.63) is 24.3 Å². The van der Waals surface area contributed by atoms with E-state index in [1.54, 1.807) is 0 Å². The topological polar surface area (TPSA) is 108 Å². The molecule has 1 N–H and O–H groups in total. The van der Waals surface area contributed by atoms with Crippen LogP contribution in [0.4, 0.5) is 0 Å². The molecule has 2 atom stereocenters. The number of hydrogen-bond acceptors (Lipinski definition) is 7. The number of carbonyl (C=O) groups excluding carboxylic acids is 2. The van der Waals surface area contributed by atoms with Crippen molar-refractivity contribution in [2.24, 2.45) is 0 Å². The average molecular weight is 1380 g/mol. The number of hydrogen-bond donors (Lipinski definition) is 1. The lowest BCUT2D eigenvalue weighted by Gasteiger charge is -2.25. The van der Waals surface area contributed by atoms with Gasteiger partial charge in [0.05, 0.1) is 34.4 Å². The van der Waals surface area contributed by atoms with Crippen molar-refractivity contribution < 1.29 is 42.9 Å². The summed E-state index contributed by atoms with van der Waals surface area (Å²) in [6, 6.07) is 0. The molecule has 0 fully saturated rings. The van der Waals surface area contributed by atoms with Gasteiger partial charge >= 0.3 is 17.9 Å². The van der Waals surface area contributed by atoms with Crippen LogP contribution in [0.3, 0.4) is 0 Å². The number of likely N-dealkylation sites (N-methyl/N-ethyl adjacent to an activating group) is 1. The summed E-state index contributed by atoms with van der Waals surface area (Å²) in [5, 5.41) is 9.79. The number of carboxylic acids is 1. The minimum absolute atomic E-state index is 0.173. The van der Waals surface area contributed by atoms with Gasteiger partial charge in [-0.3, -0.25) is 9.59 Å². The Labute approximate surface area is 611 Å². The molecule has 0 bridgehead atoms. The van der Waals surface area contributed by atoms with Crippen LogP contribution in [0.5, 0.6) is 0 Å². The Morgan fingerprint density at radius 2 is 0.551 bits per heavy atom. The Kier molecular flexibility index (Phi) is 78.6. The van der Waals surface area contributed by atoms with Crippen LogP contribution in [-0.2, 0) is 33.3 Å². The zero-order valence-corrected chi connectivity index (χ0v) is 66.7. The summed E-state index contributed by atoms with van der Waals surface area (Å²) in [6.45, 7) is 4.97. The quantitative estimate of drug-likeness (QED) is 0.0211. The Bertz CT molecular complexity index is 1660. The maximum absolute atomic E-state index is 13.0. The van der Waals surface area contributed by atoms with E-state index in [4.69, 9.17) is 18.9 Å². The van der Waals surface area contributed by atoms with Crippen molar-refractivity contribution in [1.82, 2.24) is 0 Å². The van der Waals surface area contributed by atoms with Gasteiger partial charge in [0, 0.05) is 12.8 Å². The number of ether oxygens (including phenoxy) is 4. The third-order valence-electron chi connectivity index (χ3n) is 20.5. The van der Waals surface area contributed by atoms with Gasteiger partial charge in [-0.1, -0.05) is 436 Å². The summed E-state index contributed by atoms with van der Waals surface area (Å²) in [5.74, 6) is -1.96. The predicted octanol–water partition coefficient (Wildman–Crippen LogP) is 28.4. The Morgan fingerprint density at radius 1 is 0.306 bits per heavy atom. The number of allylic oxidation sites excluding steroid dienone is 4. The fourth-order valence-corrected chi connectivity index (χ4v) is 13.8. The molecule has 9 nitrogen and oxygen atoms in total. The molecule has 0 heterocycles. The molecule has 2 unspecified atom stereocenters. The maximum Gasteiger partial charge on any atom is 0.361 e. The molecule has 0 spiro atoms. The Morgan fingerprint density at radius 3 is 0.806 bits per heavy atom. The van der Waals surface area contributed by atoms with Crippen molar-refractivity contribution in [2.45, 2.75) is 482 Å². The van der Waals surface area contributed by atoms with Crippen LogP contribution in [0, 0.1) is 0 Å². The molecule has 0 aliphatic carbocycles. The van der Waals surface area contributed by atoms with Gasteiger partial charge in [0.2, 0.25) is 0 Å². The zero-order valence-electron chi connectivity index (χ0n) is 66.7. The minimum Gasteiger partial charge on any atom is -0.477 e. The van der Waals surface area contributed by atoms with E-state index < -0.39 is 18.4 Å². The summed E-state index contributed by atoms with van der Waals surface area (Å²) in [6.07, 6.45) is 101. The fourth-order valence-electron chi connectivity index (χ4n) is 13.8. The smallest absolute Gasteiger partial charge is 0.361 e. The number of rotatable bonds is 84. The lowest BCUT2D eigenvalue weighted by atomic mass is 10.0. The van der Waals surface area contributed by atoms with Crippen molar-refractivity contribution in [1.29, 1.82) is 0 Å². The molecule has 0 amide bonds. The Balaban J connectivity index is 3.89. The molecule has 0 aromatic rings. The highest BCUT2D eigenvalue weighted by atomic mass is 16.7. The molecule has 0 aliphatic heterocycles. The molecule has 0 rings (SSSR count). The number of carbonyl (C=O) groups is 3. The number of unbranched alkanes of at least 4 members (excludes halogenated alkanes) is 65. The van der Waals surface area contributed by atoms with Crippen LogP contribution >= 0.6 is 0 Å². The highest BCUT2D eigenvalue weighted by molar-refractivity contribution is 5.71. The van der Waals surface area contributed by atoms with Gasteiger partial charge in [-0.15, -0.1) is 0 Å². The third kappa shape index (κ3) is 81.1. The van der Waals surface area contributed by atoms with Crippen molar-refractivity contribution in [3.63, 3.8) is 0 Å². The molecular formula is C89H172NO8+. The van der Waals surface area contributed by atoms with Gasteiger partial charge in [0.25, 0.3) is 6.29 Å². The van der Waals surface area contributed by atoms with E-state index in [1.807, 2.05) is 21.1 Å². The first-order chi connectivity index (χ1) is 48.1. The minimum atomic E-state index is -1.51. The van der Waals surface area contributed by atoms with E-state index in [2.05, 4.69) is 38.2 Å². The number of nitrogens with zero attached hydrogens (tertiary/aromatic N) is 1. The van der Waals surface area contributed by atoms with E-state index in [0.717, 1.165) is 44.9 Å². The molecule has 98 heavy (non-hydrogen) atoms. The highest BCUT2D eigenvalue weighted by Crippen LogP contribution is 2.21. The molecule has 0 radical (unpaired) electrons. The lowest BCUT2D eigenvalue weighted by Crippen LogP contribution is -2.40. The van der Waals surface area contributed by atoms with Crippen molar-refractivity contribution >= 4 is 17.9 Å². The molecule has 0 saturated heterocycles. The summed E-state index contributed by atoms with van der Waals surface area (Å²) in [5.41, 5.74) is 0. The van der Waals surface area contributed by atoms with Crippen LogP contribution < -0.4 is 0 Å². The van der Waals surface area contributed by atoms with Gasteiger partial charge in [-0.05, 0) is 44.9 Å². The normalized spacial score (nSPS) is 12.6. The Hall–Kier alpha value is -2.23. The van der Waals surface area contributed by atoms with Crippen LogP contribution in [0.2, 0.25) is 0 Å². The second kappa shape index (κ2) is 80.5. The van der Waals surface area contributed by atoms with Gasteiger partial charge in [-0.2, -0.15) is 0 Å². The van der Waals surface area contributed by atoms with E-state index in [1.165, 1.54) is 398 Å². The molecule has 580 valence electrons. The van der Waals surface area contributed by atoms with Gasteiger partial charge in [0.15, 0.2) is 6.10 Å². The first kappa shape index (κ1) is 95.8. The monoisotopic (exact) mass is 1380 g/mol. The highest BCUT2D eigenvalue weighted by Gasteiger charge is 2.25. The second-order valence-electron chi connectivity index (χ2n) is 31.6.